The van der Waals surface area contributed by atoms with Crippen molar-refractivity contribution in [1.82, 2.24) is 5.32 Å². The van der Waals surface area contributed by atoms with E-state index in [1.807, 2.05) is 24.4 Å². The summed E-state index contributed by atoms with van der Waals surface area (Å²) in [5, 5.41) is 4.74. The fourth-order valence-electron chi connectivity index (χ4n) is 2.09. The molecule has 0 aliphatic rings. The van der Waals surface area contributed by atoms with Crippen LogP contribution in [0.25, 0.3) is 0 Å². The van der Waals surface area contributed by atoms with E-state index >= 15 is 0 Å². The normalized spacial score (nSPS) is 11.4. The van der Waals surface area contributed by atoms with E-state index in [0.717, 1.165) is 21.8 Å². The monoisotopic (exact) mass is 377 g/mol. The summed E-state index contributed by atoms with van der Waals surface area (Å²) in [7, 11) is -3.59. The van der Waals surface area contributed by atoms with Crippen molar-refractivity contribution >= 4 is 38.4 Å². The van der Waals surface area contributed by atoms with E-state index < -0.39 is 9.84 Å². The average Bonchev–Trinajstić information content (AvgIpc) is 3.25. The molecule has 0 saturated carbocycles. The highest BCUT2D eigenvalue weighted by Crippen LogP contribution is 2.28. The first-order valence-corrected chi connectivity index (χ1v) is 10.4. The Balaban J connectivity index is 1.77. The van der Waals surface area contributed by atoms with E-state index in [2.05, 4.69) is 5.32 Å². The van der Waals surface area contributed by atoms with Gasteiger partial charge >= 0.3 is 0 Å². The predicted octanol–water partition coefficient (Wildman–Crippen LogP) is 3.88. The van der Waals surface area contributed by atoms with Crippen molar-refractivity contribution in [3.63, 3.8) is 0 Å². The minimum atomic E-state index is -3.59. The quantitative estimate of drug-likeness (QED) is 0.734. The molecular formula is C17H15NO3S3. The summed E-state index contributed by atoms with van der Waals surface area (Å²) in [4.78, 5) is 13.8. The molecule has 1 amide bonds. The molecule has 0 radical (unpaired) electrons. The van der Waals surface area contributed by atoms with E-state index in [1.165, 1.54) is 6.07 Å². The van der Waals surface area contributed by atoms with Crippen LogP contribution in [-0.4, -0.2) is 14.3 Å². The number of rotatable bonds is 5. The second kappa shape index (κ2) is 6.88. The van der Waals surface area contributed by atoms with Crippen LogP contribution in [0.4, 0.5) is 0 Å². The lowest BCUT2D eigenvalue weighted by atomic mass is 10.2. The predicted molar refractivity (Wildman–Crippen MR) is 96.4 cm³/mol. The van der Waals surface area contributed by atoms with Gasteiger partial charge in [0, 0.05) is 4.88 Å². The van der Waals surface area contributed by atoms with Gasteiger partial charge in [0.15, 0.2) is 0 Å². The molecule has 2 aromatic heterocycles. The first-order valence-electron chi connectivity index (χ1n) is 7.19. The topological polar surface area (TPSA) is 63.2 Å². The van der Waals surface area contributed by atoms with Gasteiger partial charge in [-0.15, -0.1) is 22.7 Å². The van der Waals surface area contributed by atoms with Crippen molar-refractivity contribution in [2.75, 3.05) is 0 Å². The second-order valence-electron chi connectivity index (χ2n) is 5.20. The van der Waals surface area contributed by atoms with Gasteiger partial charge < -0.3 is 5.32 Å². The zero-order valence-corrected chi connectivity index (χ0v) is 15.3. The molecular weight excluding hydrogens is 362 g/mol. The largest absolute Gasteiger partial charge is 0.346 e. The molecule has 0 fully saturated rings. The van der Waals surface area contributed by atoms with Crippen molar-refractivity contribution < 1.29 is 13.2 Å². The Morgan fingerprint density at radius 3 is 2.50 bits per heavy atom. The molecule has 1 N–H and O–H groups in total. The minimum absolute atomic E-state index is 0.174. The van der Waals surface area contributed by atoms with Gasteiger partial charge in [-0.2, -0.15) is 0 Å². The van der Waals surface area contributed by atoms with E-state index in [4.69, 9.17) is 0 Å². The van der Waals surface area contributed by atoms with Gasteiger partial charge in [-0.25, -0.2) is 8.42 Å². The van der Waals surface area contributed by atoms with Gasteiger partial charge in [-0.3, -0.25) is 4.79 Å². The van der Waals surface area contributed by atoms with Gasteiger partial charge in [-0.05, 0) is 42.6 Å². The molecule has 2 heterocycles. The van der Waals surface area contributed by atoms with Gasteiger partial charge in [-0.1, -0.05) is 23.8 Å². The number of benzene rings is 1. The van der Waals surface area contributed by atoms with Crippen LogP contribution in [0.3, 0.4) is 0 Å². The zero-order chi connectivity index (χ0) is 17.2. The lowest BCUT2D eigenvalue weighted by molar-refractivity contribution is 0.0955. The summed E-state index contributed by atoms with van der Waals surface area (Å²) in [5.74, 6) is -0.265. The molecule has 7 heteroatoms. The Kier molecular flexibility index (Phi) is 4.84. The number of carbonyl (C=O) groups is 1. The molecule has 0 bridgehead atoms. The van der Waals surface area contributed by atoms with Crippen LogP contribution in [0.1, 0.15) is 20.1 Å². The minimum Gasteiger partial charge on any atom is -0.346 e. The Bertz CT molecular complexity index is 939. The second-order valence-corrected chi connectivity index (χ2v) is 9.49. The molecule has 3 rings (SSSR count). The van der Waals surface area contributed by atoms with Crippen molar-refractivity contribution in [1.29, 1.82) is 0 Å². The van der Waals surface area contributed by atoms with Crippen LogP contribution in [-0.2, 0) is 16.4 Å². The zero-order valence-electron chi connectivity index (χ0n) is 12.9. The fraction of sp³-hybridized carbons (Fsp3) is 0.118. The van der Waals surface area contributed by atoms with Crippen molar-refractivity contribution in [3.8, 4) is 0 Å². The molecule has 0 aliphatic heterocycles. The summed E-state index contributed by atoms with van der Waals surface area (Å²) in [6.45, 7) is 2.34. The Hall–Kier alpha value is -1.96. The third kappa shape index (κ3) is 3.58. The summed E-state index contributed by atoms with van der Waals surface area (Å²) < 4.78 is 25.4. The van der Waals surface area contributed by atoms with Gasteiger partial charge in [0.1, 0.15) is 4.21 Å². The highest BCUT2D eigenvalue weighted by Gasteiger charge is 2.21. The number of carbonyl (C=O) groups excluding carboxylic acids is 1. The van der Waals surface area contributed by atoms with E-state index in [0.29, 0.717) is 11.4 Å². The molecule has 0 spiro atoms. The molecule has 4 nitrogen and oxygen atoms in total. The molecule has 3 aromatic rings. The van der Waals surface area contributed by atoms with Crippen LogP contribution in [0.2, 0.25) is 0 Å². The molecule has 0 unspecified atom stereocenters. The number of aryl methyl sites for hydroxylation is 1. The lowest BCUT2D eigenvalue weighted by Gasteiger charge is -2.02. The van der Waals surface area contributed by atoms with E-state index in [9.17, 15) is 13.2 Å². The fourth-order valence-corrected chi connectivity index (χ4v) is 5.36. The molecule has 1 aromatic carbocycles. The number of amides is 1. The van der Waals surface area contributed by atoms with Crippen LogP contribution in [0.5, 0.6) is 0 Å². The Morgan fingerprint density at radius 2 is 1.83 bits per heavy atom. The maximum atomic E-state index is 12.6. The molecule has 24 heavy (non-hydrogen) atoms. The summed E-state index contributed by atoms with van der Waals surface area (Å²) in [6.07, 6.45) is 0. The molecule has 0 atom stereocenters. The van der Waals surface area contributed by atoms with Gasteiger partial charge in [0.25, 0.3) is 5.91 Å². The third-order valence-electron chi connectivity index (χ3n) is 3.40. The van der Waals surface area contributed by atoms with Crippen molar-refractivity contribution in [3.05, 3.63) is 69.2 Å². The maximum Gasteiger partial charge on any atom is 0.261 e. The number of hydrogen-bond acceptors (Lipinski definition) is 5. The lowest BCUT2D eigenvalue weighted by Crippen LogP contribution is -2.21. The van der Waals surface area contributed by atoms with Gasteiger partial charge in [0.2, 0.25) is 9.84 Å². The Morgan fingerprint density at radius 1 is 1.08 bits per heavy atom. The van der Waals surface area contributed by atoms with Crippen LogP contribution < -0.4 is 5.32 Å². The number of sulfone groups is 1. The molecule has 0 aliphatic carbocycles. The van der Waals surface area contributed by atoms with Crippen LogP contribution in [0.15, 0.2) is 63.0 Å². The average molecular weight is 378 g/mol. The van der Waals surface area contributed by atoms with Crippen molar-refractivity contribution in [2.45, 2.75) is 22.6 Å². The van der Waals surface area contributed by atoms with Gasteiger partial charge in [0.05, 0.1) is 16.3 Å². The standard InChI is InChI=1S/C17H15NO3S3/c1-12-4-6-14(7-5-12)24(20,21)16-9-8-15(23-16)17(19)18-11-13-3-2-10-22-13/h2-10H,11H2,1H3,(H,18,19). The Labute approximate surface area is 148 Å². The maximum absolute atomic E-state index is 12.6. The highest BCUT2D eigenvalue weighted by atomic mass is 32.2. The first-order chi connectivity index (χ1) is 11.5. The first kappa shape index (κ1) is 16.9. The SMILES string of the molecule is Cc1ccc(S(=O)(=O)c2ccc(C(=O)NCc3cccs3)s2)cc1. The summed E-state index contributed by atoms with van der Waals surface area (Å²) >= 11 is 2.55. The number of thiophene rings is 2. The van der Waals surface area contributed by atoms with E-state index in [1.54, 1.807) is 41.7 Å². The molecule has 124 valence electrons. The van der Waals surface area contributed by atoms with Crippen molar-refractivity contribution in [2.24, 2.45) is 0 Å². The smallest absolute Gasteiger partial charge is 0.261 e. The third-order valence-corrected chi connectivity index (χ3v) is 7.63. The van der Waals surface area contributed by atoms with Crippen LogP contribution in [0, 0.1) is 6.92 Å². The summed E-state index contributed by atoms with van der Waals surface area (Å²) in [5.41, 5.74) is 0.994. The number of hydrogen-bond donors (Lipinski definition) is 1. The van der Waals surface area contributed by atoms with E-state index in [-0.39, 0.29) is 15.0 Å². The summed E-state index contributed by atoms with van der Waals surface area (Å²) in [6, 6.07) is 13.6. The highest BCUT2D eigenvalue weighted by molar-refractivity contribution is 7.93. The molecule has 0 saturated heterocycles. The van der Waals surface area contributed by atoms with Crippen LogP contribution >= 0.6 is 22.7 Å². The number of nitrogens with one attached hydrogen (secondary N) is 1.